The lowest BCUT2D eigenvalue weighted by Gasteiger charge is -2.15. The van der Waals surface area contributed by atoms with E-state index in [0.29, 0.717) is 21.5 Å². The fourth-order valence-corrected chi connectivity index (χ4v) is 5.21. The molecule has 1 aliphatic carbocycles. The van der Waals surface area contributed by atoms with Gasteiger partial charge in [0.2, 0.25) is 0 Å². The second kappa shape index (κ2) is 10.2. The van der Waals surface area contributed by atoms with Crippen LogP contribution in [0.5, 0.6) is 0 Å². The number of rotatable bonds is 7. The van der Waals surface area contributed by atoms with Gasteiger partial charge in [-0.2, -0.15) is 0 Å². The number of benzene rings is 1. The van der Waals surface area contributed by atoms with Crippen molar-refractivity contribution < 1.29 is 23.9 Å². The Bertz CT molecular complexity index is 1310. The maximum atomic E-state index is 12.8. The number of thiophene rings is 1. The van der Waals surface area contributed by atoms with Crippen molar-refractivity contribution in [3.8, 4) is 0 Å². The number of hydrogen-bond acceptors (Lipinski definition) is 8. The second-order valence-corrected chi connectivity index (χ2v) is 9.06. The van der Waals surface area contributed by atoms with Crippen molar-refractivity contribution in [1.29, 1.82) is 0 Å². The summed E-state index contributed by atoms with van der Waals surface area (Å²) in [5.74, 6) is -1.79. The Balaban J connectivity index is 1.45. The van der Waals surface area contributed by atoms with E-state index in [1.54, 1.807) is 31.2 Å². The Labute approximate surface area is 199 Å². The number of amides is 1. The van der Waals surface area contributed by atoms with Gasteiger partial charge in [0, 0.05) is 4.88 Å². The van der Waals surface area contributed by atoms with Crippen LogP contribution in [0.25, 0.3) is 10.9 Å². The minimum atomic E-state index is -1.13. The van der Waals surface area contributed by atoms with Crippen LogP contribution in [0.15, 0.2) is 35.4 Å². The summed E-state index contributed by atoms with van der Waals surface area (Å²) in [4.78, 5) is 55.6. The molecule has 0 aliphatic heterocycles. The summed E-state index contributed by atoms with van der Waals surface area (Å²) in [7, 11) is 0. The van der Waals surface area contributed by atoms with Gasteiger partial charge in [0.05, 0.1) is 29.4 Å². The molecule has 9 nitrogen and oxygen atoms in total. The Morgan fingerprint density at radius 1 is 1.21 bits per heavy atom. The molecule has 2 aromatic heterocycles. The van der Waals surface area contributed by atoms with Gasteiger partial charge in [-0.05, 0) is 57.2 Å². The van der Waals surface area contributed by atoms with Crippen molar-refractivity contribution >= 4 is 45.1 Å². The molecule has 178 valence electrons. The predicted molar refractivity (Wildman–Crippen MR) is 127 cm³/mol. The third-order valence-electron chi connectivity index (χ3n) is 5.60. The van der Waals surface area contributed by atoms with E-state index in [1.807, 2.05) is 0 Å². The van der Waals surface area contributed by atoms with Crippen LogP contribution in [0.1, 0.15) is 47.5 Å². The highest BCUT2D eigenvalue weighted by Gasteiger charge is 2.29. The van der Waals surface area contributed by atoms with Crippen LogP contribution in [0.3, 0.4) is 0 Å². The van der Waals surface area contributed by atoms with Crippen LogP contribution in [0.4, 0.5) is 5.00 Å². The van der Waals surface area contributed by atoms with Crippen LogP contribution in [0, 0.1) is 0 Å². The van der Waals surface area contributed by atoms with Gasteiger partial charge in [0.1, 0.15) is 11.5 Å². The molecule has 0 bridgehead atoms. The number of carbonyl (C=O) groups is 3. The molecule has 0 saturated heterocycles. The minimum absolute atomic E-state index is 0.230. The van der Waals surface area contributed by atoms with Crippen LogP contribution < -0.4 is 10.9 Å². The van der Waals surface area contributed by atoms with Gasteiger partial charge in [-0.15, -0.1) is 11.3 Å². The first-order chi connectivity index (χ1) is 16.4. The summed E-state index contributed by atoms with van der Waals surface area (Å²) in [6.45, 7) is 3.02. The summed E-state index contributed by atoms with van der Waals surface area (Å²) in [6, 6.07) is 6.82. The Morgan fingerprint density at radius 2 is 1.97 bits per heavy atom. The van der Waals surface area contributed by atoms with Gasteiger partial charge in [-0.3, -0.25) is 19.0 Å². The molecule has 10 heteroatoms. The maximum Gasteiger partial charge on any atom is 0.341 e. The molecule has 0 fully saturated rings. The minimum Gasteiger partial charge on any atom is -0.462 e. The topological polar surface area (TPSA) is 117 Å². The van der Waals surface area contributed by atoms with E-state index < -0.39 is 23.9 Å². The average Bonchev–Trinajstić information content (AvgIpc) is 3.19. The fourth-order valence-electron chi connectivity index (χ4n) is 3.93. The van der Waals surface area contributed by atoms with Gasteiger partial charge >= 0.3 is 11.9 Å². The van der Waals surface area contributed by atoms with Crippen molar-refractivity contribution in [3.05, 3.63) is 57.0 Å². The van der Waals surface area contributed by atoms with Crippen LogP contribution in [-0.4, -0.2) is 40.1 Å². The van der Waals surface area contributed by atoms with E-state index in [0.717, 1.165) is 40.7 Å². The van der Waals surface area contributed by atoms with Crippen molar-refractivity contribution in [1.82, 2.24) is 9.55 Å². The molecule has 0 spiro atoms. The third-order valence-corrected chi connectivity index (χ3v) is 6.80. The number of esters is 2. The molecule has 1 aromatic carbocycles. The molecule has 1 aliphatic rings. The van der Waals surface area contributed by atoms with E-state index >= 15 is 0 Å². The number of hydrogen-bond donors (Lipinski definition) is 1. The summed E-state index contributed by atoms with van der Waals surface area (Å²) in [5, 5.41) is 3.53. The maximum absolute atomic E-state index is 12.8. The van der Waals surface area contributed by atoms with E-state index in [4.69, 9.17) is 9.47 Å². The summed E-state index contributed by atoms with van der Waals surface area (Å²) >= 11 is 1.36. The first kappa shape index (κ1) is 23.6. The molecule has 1 atom stereocenters. The Kier molecular flexibility index (Phi) is 7.06. The largest absolute Gasteiger partial charge is 0.462 e. The fraction of sp³-hybridized carbons (Fsp3) is 0.375. The van der Waals surface area contributed by atoms with E-state index in [2.05, 4.69) is 10.3 Å². The molecule has 2 heterocycles. The lowest BCUT2D eigenvalue weighted by atomic mass is 9.95. The van der Waals surface area contributed by atoms with Crippen LogP contribution >= 0.6 is 11.3 Å². The van der Waals surface area contributed by atoms with Crippen LogP contribution in [-0.2, 0) is 38.4 Å². The number of aromatic nitrogens is 2. The van der Waals surface area contributed by atoms with Crippen molar-refractivity contribution in [3.63, 3.8) is 0 Å². The lowest BCUT2D eigenvalue weighted by molar-refractivity contribution is -0.153. The quantitative estimate of drug-likeness (QED) is 0.513. The molecule has 3 aromatic rings. The summed E-state index contributed by atoms with van der Waals surface area (Å²) < 4.78 is 11.6. The number of nitrogens with zero attached hydrogens (tertiary/aromatic N) is 2. The smallest absolute Gasteiger partial charge is 0.341 e. The van der Waals surface area contributed by atoms with Gasteiger partial charge in [-0.1, -0.05) is 12.1 Å². The molecule has 4 rings (SSSR count). The normalized spacial score (nSPS) is 13.7. The van der Waals surface area contributed by atoms with Crippen LogP contribution in [0.2, 0.25) is 0 Å². The van der Waals surface area contributed by atoms with Crippen molar-refractivity contribution in [2.75, 3.05) is 11.9 Å². The van der Waals surface area contributed by atoms with E-state index in [1.165, 1.54) is 24.6 Å². The first-order valence-electron chi connectivity index (χ1n) is 11.1. The molecule has 0 radical (unpaired) electrons. The molecular formula is C24H25N3O6S. The van der Waals surface area contributed by atoms with Gasteiger partial charge in [-0.25, -0.2) is 9.78 Å². The highest BCUT2D eigenvalue weighted by atomic mass is 32.1. The predicted octanol–water partition coefficient (Wildman–Crippen LogP) is 3.08. The van der Waals surface area contributed by atoms with Crippen molar-refractivity contribution in [2.24, 2.45) is 0 Å². The number of para-hydroxylation sites is 1. The molecule has 1 amide bonds. The number of ether oxygens (including phenoxy) is 2. The number of carbonyl (C=O) groups excluding carboxylic acids is 3. The highest BCUT2D eigenvalue weighted by Crippen LogP contribution is 2.38. The standard InChI is InChI=1S/C24H25N3O6S/c1-3-32-24(31)20-16-9-5-7-11-18(16)34-22(20)26-21(29)14(2)33-19(28)12-27-13-25-17-10-6-4-8-15(17)23(27)30/h4,6,8,10,13-14H,3,5,7,9,11-12H2,1-2H3,(H,26,29). The number of anilines is 1. The monoisotopic (exact) mass is 483 g/mol. The summed E-state index contributed by atoms with van der Waals surface area (Å²) in [6.07, 6.45) is 3.75. The lowest BCUT2D eigenvalue weighted by Crippen LogP contribution is -2.33. The zero-order valence-electron chi connectivity index (χ0n) is 19.0. The number of nitrogens with one attached hydrogen (secondary N) is 1. The molecule has 1 N–H and O–H groups in total. The zero-order valence-corrected chi connectivity index (χ0v) is 19.8. The summed E-state index contributed by atoms with van der Waals surface area (Å²) in [5.41, 5.74) is 1.48. The van der Waals surface area contributed by atoms with Gasteiger partial charge < -0.3 is 14.8 Å². The number of fused-ring (bicyclic) bond motifs is 2. The SMILES string of the molecule is CCOC(=O)c1c(NC(=O)C(C)OC(=O)Cn2cnc3ccccc3c2=O)sc2c1CCCC2. The Morgan fingerprint density at radius 3 is 2.76 bits per heavy atom. The highest BCUT2D eigenvalue weighted by molar-refractivity contribution is 7.17. The van der Waals surface area contributed by atoms with E-state index in [-0.39, 0.29) is 18.7 Å². The van der Waals surface area contributed by atoms with Crippen molar-refractivity contribution in [2.45, 2.75) is 52.2 Å². The number of aryl methyl sites for hydroxylation is 1. The molecule has 0 saturated carbocycles. The van der Waals surface area contributed by atoms with Gasteiger partial charge in [0.15, 0.2) is 6.10 Å². The average molecular weight is 484 g/mol. The second-order valence-electron chi connectivity index (χ2n) is 7.95. The Hall–Kier alpha value is -3.53. The first-order valence-corrected chi connectivity index (χ1v) is 12.0. The van der Waals surface area contributed by atoms with E-state index in [9.17, 15) is 19.2 Å². The van der Waals surface area contributed by atoms with Gasteiger partial charge in [0.25, 0.3) is 11.5 Å². The molecule has 34 heavy (non-hydrogen) atoms. The third kappa shape index (κ3) is 4.86. The molecule has 1 unspecified atom stereocenters. The molecular weight excluding hydrogens is 458 g/mol. The zero-order chi connectivity index (χ0) is 24.2.